The summed E-state index contributed by atoms with van der Waals surface area (Å²) in [5.41, 5.74) is -0.288. The van der Waals surface area contributed by atoms with Crippen LogP contribution in [0.1, 0.15) is 42.5 Å². The van der Waals surface area contributed by atoms with Crippen molar-refractivity contribution in [1.29, 1.82) is 0 Å². The summed E-state index contributed by atoms with van der Waals surface area (Å²) in [7, 11) is 1.06. The SMILES string of the molecule is COC(=O)NC1CCC(=O)[N+]2(OC(=O)c3c(Cl)cccc3Cl)CCCC(C(=O)NC(C=O)CC(=O)[O-])N2C1=O. The second-order valence-electron chi connectivity index (χ2n) is 8.69. The Balaban J connectivity index is 2.08. The number of hydroxylamine groups is 2. The van der Waals surface area contributed by atoms with E-state index in [-0.39, 0.29) is 54.1 Å². The highest BCUT2D eigenvalue weighted by Crippen LogP contribution is 2.35. The molecule has 2 heterocycles. The number of carbonyl (C=O) groups is 7. The molecule has 2 fully saturated rings. The Morgan fingerprint density at radius 3 is 2.46 bits per heavy atom. The van der Waals surface area contributed by atoms with Gasteiger partial charge in [0.2, 0.25) is 5.91 Å². The van der Waals surface area contributed by atoms with E-state index in [2.05, 4.69) is 15.4 Å². The summed E-state index contributed by atoms with van der Waals surface area (Å²) in [6, 6.07) is -0.191. The topological polar surface area (TPSA) is 188 Å². The molecule has 0 saturated carbocycles. The van der Waals surface area contributed by atoms with Crippen molar-refractivity contribution in [2.75, 3.05) is 13.7 Å². The minimum Gasteiger partial charge on any atom is -0.550 e. The molecule has 3 rings (SSSR count). The Labute approximate surface area is 231 Å². The number of aliphatic carboxylic acids is 1. The molecule has 2 N–H and O–H groups in total. The standard InChI is InChI=1S/C23H24Cl2N4O10/c1-38-23(37)27-15-7-8-17(31)29(39-22(36)19-13(24)4-2-5-14(19)25)9-3-6-16(28(29)21(15)35)20(34)26-12(11-30)10-18(32)33/h2,4-5,11-12,15-16H,3,6-10H2,1H3,(H2-,26,27,32,33,34,37). The van der Waals surface area contributed by atoms with Gasteiger partial charge in [-0.25, -0.2) is 19.2 Å². The molecule has 39 heavy (non-hydrogen) atoms. The van der Waals surface area contributed by atoms with Crippen LogP contribution in [0.25, 0.3) is 0 Å². The van der Waals surface area contributed by atoms with Gasteiger partial charge in [-0.1, -0.05) is 29.3 Å². The molecular weight excluding hydrogens is 563 g/mol. The van der Waals surface area contributed by atoms with E-state index in [9.17, 15) is 38.7 Å². The summed E-state index contributed by atoms with van der Waals surface area (Å²) in [6.07, 6.45) is -2.22. The Kier molecular flexibility index (Phi) is 9.48. The van der Waals surface area contributed by atoms with Crippen molar-refractivity contribution in [1.82, 2.24) is 15.6 Å². The largest absolute Gasteiger partial charge is 0.550 e. The molecule has 0 aromatic heterocycles. The van der Waals surface area contributed by atoms with Crippen LogP contribution in [0.15, 0.2) is 18.2 Å². The molecule has 14 nitrogen and oxygen atoms in total. The maximum absolute atomic E-state index is 13.8. The lowest BCUT2D eigenvalue weighted by atomic mass is 10.0. The predicted octanol–water partition coefficient (Wildman–Crippen LogP) is -0.343. The molecule has 210 valence electrons. The number of halogens is 2. The van der Waals surface area contributed by atoms with Gasteiger partial charge in [0.15, 0.2) is 12.6 Å². The van der Waals surface area contributed by atoms with E-state index in [1.165, 1.54) is 18.2 Å². The molecule has 0 spiro atoms. The highest BCUT2D eigenvalue weighted by molar-refractivity contribution is 6.39. The zero-order valence-corrected chi connectivity index (χ0v) is 22.0. The number of aldehydes is 1. The maximum Gasteiger partial charge on any atom is 0.407 e. The van der Waals surface area contributed by atoms with Gasteiger partial charge in [-0.15, -0.1) is 5.01 Å². The van der Waals surface area contributed by atoms with E-state index in [4.69, 9.17) is 28.0 Å². The molecule has 2 saturated heterocycles. The third kappa shape index (κ3) is 6.29. The Hall–Kier alpha value is -3.75. The molecule has 1 aromatic carbocycles. The number of ether oxygens (including phenoxy) is 1. The highest BCUT2D eigenvalue weighted by atomic mass is 35.5. The molecule has 2 aliphatic rings. The fraction of sp³-hybridized carbons (Fsp3) is 0.435. The average Bonchev–Trinajstić information content (AvgIpc) is 2.98. The Bertz CT molecular complexity index is 1190. The summed E-state index contributed by atoms with van der Waals surface area (Å²) < 4.78 is 3.17. The van der Waals surface area contributed by atoms with Crippen LogP contribution in [0.5, 0.6) is 0 Å². The number of carboxylic acid groups (broad SMARTS) is 1. The predicted molar refractivity (Wildman–Crippen MR) is 128 cm³/mol. The lowest BCUT2D eigenvalue weighted by molar-refractivity contribution is -1.11. The van der Waals surface area contributed by atoms with Crippen molar-refractivity contribution in [2.45, 2.75) is 50.2 Å². The molecule has 2 aliphatic heterocycles. The molecule has 1 aromatic rings. The van der Waals surface area contributed by atoms with Gasteiger partial charge in [0, 0.05) is 23.6 Å². The molecule has 0 bridgehead atoms. The number of nitrogens with zero attached hydrogens (tertiary/aromatic N) is 2. The van der Waals surface area contributed by atoms with E-state index in [1.807, 2.05) is 0 Å². The fourth-order valence-electron chi connectivity index (χ4n) is 4.42. The normalized spacial score (nSPS) is 23.5. The number of nitrogens with one attached hydrogen (secondary N) is 2. The van der Waals surface area contributed by atoms with Gasteiger partial charge in [-0.3, -0.25) is 9.59 Å². The van der Waals surface area contributed by atoms with Gasteiger partial charge in [0.1, 0.15) is 17.9 Å². The lowest BCUT2D eigenvalue weighted by Gasteiger charge is -2.45. The van der Waals surface area contributed by atoms with Crippen LogP contribution in [0, 0.1) is 0 Å². The van der Waals surface area contributed by atoms with Crippen LogP contribution in [-0.2, 0) is 33.5 Å². The number of quaternary nitrogens is 1. The first kappa shape index (κ1) is 29.8. The van der Waals surface area contributed by atoms with Crippen molar-refractivity contribution < 1.29 is 53.0 Å². The first-order chi connectivity index (χ1) is 18.4. The third-order valence-electron chi connectivity index (χ3n) is 6.20. The molecule has 4 unspecified atom stereocenters. The zero-order valence-electron chi connectivity index (χ0n) is 20.5. The molecule has 4 atom stereocenters. The van der Waals surface area contributed by atoms with E-state index < -0.39 is 65.1 Å². The second-order valence-corrected chi connectivity index (χ2v) is 9.50. The molecule has 0 radical (unpaired) electrons. The van der Waals surface area contributed by atoms with Gasteiger partial charge in [0.25, 0.3) is 5.91 Å². The molecular formula is C23H24Cl2N4O10. The first-order valence-corrected chi connectivity index (χ1v) is 12.4. The van der Waals surface area contributed by atoms with Crippen LogP contribution in [0.2, 0.25) is 10.0 Å². The number of alkyl carbamates (subject to hydrolysis) is 1. The van der Waals surface area contributed by atoms with Crippen LogP contribution in [0.4, 0.5) is 4.79 Å². The number of hydrogen-bond donors (Lipinski definition) is 2. The summed E-state index contributed by atoms with van der Waals surface area (Å²) in [5, 5.41) is 16.0. The summed E-state index contributed by atoms with van der Waals surface area (Å²) >= 11 is 12.3. The van der Waals surface area contributed by atoms with Crippen LogP contribution < -0.4 is 15.7 Å². The quantitative estimate of drug-likeness (QED) is 0.301. The number of carbonyl (C=O) groups excluding carboxylic acids is 7. The number of amides is 4. The van der Waals surface area contributed by atoms with Crippen LogP contribution >= 0.6 is 23.2 Å². The van der Waals surface area contributed by atoms with E-state index >= 15 is 0 Å². The van der Waals surface area contributed by atoms with Gasteiger partial charge < -0.3 is 30.1 Å². The number of benzene rings is 1. The van der Waals surface area contributed by atoms with Gasteiger partial charge in [0.05, 0.1) is 29.6 Å². The highest BCUT2D eigenvalue weighted by Gasteiger charge is 2.61. The lowest BCUT2D eigenvalue weighted by Crippen LogP contribution is -2.74. The van der Waals surface area contributed by atoms with E-state index in [0.29, 0.717) is 5.01 Å². The monoisotopic (exact) mass is 586 g/mol. The summed E-state index contributed by atoms with van der Waals surface area (Å²) in [4.78, 5) is 93.8. The summed E-state index contributed by atoms with van der Waals surface area (Å²) in [5.74, 6) is -5.54. The van der Waals surface area contributed by atoms with Crippen molar-refractivity contribution >= 4 is 65.2 Å². The Morgan fingerprint density at radius 2 is 1.87 bits per heavy atom. The number of hydrogen-bond acceptors (Lipinski definition) is 10. The zero-order chi connectivity index (χ0) is 28.9. The van der Waals surface area contributed by atoms with E-state index in [0.717, 1.165) is 7.11 Å². The van der Waals surface area contributed by atoms with Crippen LogP contribution in [-0.4, -0.2) is 83.6 Å². The second kappa shape index (κ2) is 12.4. The first-order valence-electron chi connectivity index (χ1n) is 11.7. The molecule has 16 heteroatoms. The summed E-state index contributed by atoms with van der Waals surface area (Å²) in [6.45, 7) is -0.261. The number of methoxy groups -OCH3 is 1. The van der Waals surface area contributed by atoms with Crippen molar-refractivity contribution in [3.63, 3.8) is 0 Å². The number of rotatable bonds is 8. The smallest absolute Gasteiger partial charge is 0.407 e. The average molecular weight is 587 g/mol. The molecule has 4 amide bonds. The number of fused-ring (bicyclic) bond motifs is 1. The fourth-order valence-corrected chi connectivity index (χ4v) is 4.97. The molecule has 0 aliphatic carbocycles. The third-order valence-corrected chi connectivity index (χ3v) is 6.83. The van der Waals surface area contributed by atoms with Gasteiger partial charge >= 0.3 is 18.0 Å². The van der Waals surface area contributed by atoms with Crippen molar-refractivity contribution in [2.24, 2.45) is 0 Å². The minimum absolute atomic E-state index is 0.0584. The van der Waals surface area contributed by atoms with Gasteiger partial charge in [-0.2, -0.15) is 0 Å². The maximum atomic E-state index is 13.8. The van der Waals surface area contributed by atoms with Crippen molar-refractivity contribution in [3.8, 4) is 0 Å². The number of carboxylic acids is 1. The van der Waals surface area contributed by atoms with Gasteiger partial charge in [-0.05, 0) is 25.0 Å². The van der Waals surface area contributed by atoms with Crippen LogP contribution in [0.3, 0.4) is 0 Å². The minimum atomic E-state index is -1.62. The Morgan fingerprint density at radius 1 is 1.21 bits per heavy atom. The van der Waals surface area contributed by atoms with E-state index in [1.54, 1.807) is 0 Å². The van der Waals surface area contributed by atoms with Crippen molar-refractivity contribution in [3.05, 3.63) is 33.8 Å².